The number of hydrogen-bond acceptors (Lipinski definition) is 3. The predicted octanol–water partition coefficient (Wildman–Crippen LogP) is 1.21. The van der Waals surface area contributed by atoms with Crippen molar-refractivity contribution in [1.29, 1.82) is 0 Å². The van der Waals surface area contributed by atoms with E-state index < -0.39 is 12.8 Å². The second-order valence-corrected chi connectivity index (χ2v) is 3.40. The molecule has 1 atom stereocenters. The van der Waals surface area contributed by atoms with E-state index in [0.29, 0.717) is 0 Å². The first kappa shape index (κ1) is 11.7. The van der Waals surface area contributed by atoms with Crippen molar-refractivity contribution >= 4 is 0 Å². The number of alkyl halides is 3. The molecule has 14 heavy (non-hydrogen) atoms. The Morgan fingerprint density at radius 3 is 2.79 bits per heavy atom. The minimum atomic E-state index is -4.25. The summed E-state index contributed by atoms with van der Waals surface area (Å²) in [6.07, 6.45) is -1.63. The highest BCUT2D eigenvalue weighted by molar-refractivity contribution is 4.69. The lowest BCUT2D eigenvalue weighted by molar-refractivity contribution is -0.193. The second-order valence-electron chi connectivity index (χ2n) is 3.40. The maximum absolute atomic E-state index is 11.7. The highest BCUT2D eigenvalue weighted by Crippen LogP contribution is 2.14. The van der Waals surface area contributed by atoms with E-state index in [1.807, 2.05) is 0 Å². The Bertz CT molecular complexity index is 155. The minimum Gasteiger partial charge on any atom is -0.317 e. The topological polar surface area (TPSA) is 33.3 Å². The molecule has 6 heteroatoms. The number of hydrogen-bond donors (Lipinski definition) is 2. The van der Waals surface area contributed by atoms with Gasteiger partial charge in [0.25, 0.3) is 0 Å². The summed E-state index contributed by atoms with van der Waals surface area (Å²) in [4.78, 5) is 4.39. The normalized spacial score (nSPS) is 24.6. The smallest absolute Gasteiger partial charge is 0.317 e. The summed E-state index contributed by atoms with van der Waals surface area (Å²) >= 11 is 0. The molecule has 0 saturated carbocycles. The molecular weight excluding hydrogens is 197 g/mol. The molecule has 3 nitrogen and oxygen atoms in total. The Labute approximate surface area is 81.0 Å². The lowest BCUT2D eigenvalue weighted by Gasteiger charge is -2.16. The van der Waals surface area contributed by atoms with Crippen LogP contribution in [0.5, 0.6) is 0 Å². The van der Waals surface area contributed by atoms with Gasteiger partial charge in [0, 0.05) is 6.04 Å². The molecule has 0 bridgehead atoms. The van der Waals surface area contributed by atoms with Crippen LogP contribution >= 0.6 is 0 Å². The summed E-state index contributed by atoms with van der Waals surface area (Å²) in [6.45, 7) is 0.529. The molecule has 2 N–H and O–H groups in total. The molecule has 1 aliphatic heterocycles. The van der Waals surface area contributed by atoms with Gasteiger partial charge in [0.05, 0.1) is 0 Å². The van der Waals surface area contributed by atoms with Crippen LogP contribution in [0.1, 0.15) is 19.3 Å². The summed E-state index contributed by atoms with van der Waals surface area (Å²) in [5.74, 6) is 0. The van der Waals surface area contributed by atoms with Gasteiger partial charge in [-0.3, -0.25) is 4.84 Å². The molecule has 0 aromatic heterocycles. The van der Waals surface area contributed by atoms with Gasteiger partial charge in [-0.25, -0.2) is 0 Å². The summed E-state index contributed by atoms with van der Waals surface area (Å²) in [7, 11) is 0. The van der Waals surface area contributed by atoms with Gasteiger partial charge >= 0.3 is 6.18 Å². The second kappa shape index (κ2) is 5.53. The number of hydroxylamine groups is 1. The molecule has 0 aromatic carbocycles. The standard InChI is InChI=1S/C8H15F3N2O/c9-8(10,11)6-14-13-7-2-1-4-12-5-3-7/h7,12-13H,1-6H2. The van der Waals surface area contributed by atoms with Crippen molar-refractivity contribution < 1.29 is 18.0 Å². The third-order valence-electron chi connectivity index (χ3n) is 2.06. The maximum atomic E-state index is 11.7. The van der Waals surface area contributed by atoms with Crippen LogP contribution in [0.15, 0.2) is 0 Å². The zero-order valence-corrected chi connectivity index (χ0v) is 7.86. The Hall–Kier alpha value is -0.330. The van der Waals surface area contributed by atoms with E-state index in [0.717, 1.165) is 32.4 Å². The Morgan fingerprint density at radius 2 is 2.07 bits per heavy atom. The van der Waals surface area contributed by atoms with E-state index in [1.165, 1.54) is 0 Å². The van der Waals surface area contributed by atoms with Crippen molar-refractivity contribution in [3.8, 4) is 0 Å². The Morgan fingerprint density at radius 1 is 1.29 bits per heavy atom. The van der Waals surface area contributed by atoms with E-state index in [1.54, 1.807) is 0 Å². The molecule has 1 unspecified atom stereocenters. The fourth-order valence-electron chi connectivity index (χ4n) is 1.38. The Kier molecular flexibility index (Phi) is 4.64. The van der Waals surface area contributed by atoms with Gasteiger partial charge in [-0.1, -0.05) is 0 Å². The first-order valence-electron chi connectivity index (χ1n) is 4.73. The van der Waals surface area contributed by atoms with Gasteiger partial charge in [0.2, 0.25) is 0 Å². The van der Waals surface area contributed by atoms with Gasteiger partial charge in [-0.15, -0.1) is 0 Å². The van der Waals surface area contributed by atoms with E-state index in [4.69, 9.17) is 0 Å². The van der Waals surface area contributed by atoms with Crippen LogP contribution < -0.4 is 10.8 Å². The van der Waals surface area contributed by atoms with Crippen LogP contribution in [0.2, 0.25) is 0 Å². The lowest BCUT2D eigenvalue weighted by atomic mass is 10.1. The van der Waals surface area contributed by atoms with Crippen molar-refractivity contribution in [2.24, 2.45) is 0 Å². The fourth-order valence-corrected chi connectivity index (χ4v) is 1.38. The molecule has 0 aromatic rings. The highest BCUT2D eigenvalue weighted by Gasteiger charge is 2.28. The third kappa shape index (κ3) is 5.41. The first-order chi connectivity index (χ1) is 6.58. The van der Waals surface area contributed by atoms with Crippen molar-refractivity contribution in [3.05, 3.63) is 0 Å². The largest absolute Gasteiger partial charge is 0.413 e. The summed E-state index contributed by atoms with van der Waals surface area (Å²) in [5, 5.41) is 3.17. The molecule has 1 aliphatic rings. The SMILES string of the molecule is FC(F)(F)CONC1CCCNCC1. The van der Waals surface area contributed by atoms with Crippen LogP contribution in [0, 0.1) is 0 Å². The van der Waals surface area contributed by atoms with Crippen molar-refractivity contribution in [1.82, 2.24) is 10.8 Å². The third-order valence-corrected chi connectivity index (χ3v) is 2.06. The average molecular weight is 212 g/mol. The predicted molar refractivity (Wildman–Crippen MR) is 45.7 cm³/mol. The molecule has 1 heterocycles. The molecule has 0 radical (unpaired) electrons. The molecule has 0 aliphatic carbocycles. The molecule has 0 spiro atoms. The van der Waals surface area contributed by atoms with Gasteiger partial charge in [0.15, 0.2) is 6.61 Å². The van der Waals surface area contributed by atoms with Crippen molar-refractivity contribution in [2.45, 2.75) is 31.5 Å². The van der Waals surface area contributed by atoms with Crippen molar-refractivity contribution in [2.75, 3.05) is 19.7 Å². The number of rotatable bonds is 3. The van der Waals surface area contributed by atoms with Crippen LogP contribution in [0.25, 0.3) is 0 Å². The average Bonchev–Trinajstić information content (AvgIpc) is 2.30. The summed E-state index contributed by atoms with van der Waals surface area (Å²) in [5.41, 5.74) is 2.46. The van der Waals surface area contributed by atoms with Gasteiger partial charge < -0.3 is 5.32 Å². The zero-order valence-electron chi connectivity index (χ0n) is 7.86. The highest BCUT2D eigenvalue weighted by atomic mass is 19.4. The quantitative estimate of drug-likeness (QED) is 0.690. The molecular formula is C8H15F3N2O. The monoisotopic (exact) mass is 212 g/mol. The van der Waals surface area contributed by atoms with Crippen LogP contribution in [0.3, 0.4) is 0 Å². The molecule has 0 amide bonds. The minimum absolute atomic E-state index is 0.0346. The van der Waals surface area contributed by atoms with E-state index in [9.17, 15) is 13.2 Å². The van der Waals surface area contributed by atoms with E-state index in [2.05, 4.69) is 15.6 Å². The zero-order chi connectivity index (χ0) is 10.4. The van der Waals surface area contributed by atoms with Crippen LogP contribution in [0.4, 0.5) is 13.2 Å². The molecule has 1 rings (SSSR count). The Balaban J connectivity index is 2.10. The fraction of sp³-hybridized carbons (Fsp3) is 1.00. The van der Waals surface area contributed by atoms with Gasteiger partial charge in [-0.05, 0) is 32.4 Å². The van der Waals surface area contributed by atoms with Crippen LogP contribution in [-0.2, 0) is 4.84 Å². The maximum Gasteiger partial charge on any atom is 0.413 e. The van der Waals surface area contributed by atoms with Crippen molar-refractivity contribution in [3.63, 3.8) is 0 Å². The lowest BCUT2D eigenvalue weighted by Crippen LogP contribution is -2.33. The number of nitrogens with one attached hydrogen (secondary N) is 2. The number of halogens is 3. The van der Waals surface area contributed by atoms with E-state index >= 15 is 0 Å². The molecule has 1 fully saturated rings. The summed E-state index contributed by atoms with van der Waals surface area (Å²) in [6, 6.07) is 0.0346. The van der Waals surface area contributed by atoms with Gasteiger partial charge in [-0.2, -0.15) is 18.7 Å². The van der Waals surface area contributed by atoms with E-state index in [-0.39, 0.29) is 6.04 Å². The van der Waals surface area contributed by atoms with Crippen LogP contribution in [-0.4, -0.2) is 31.9 Å². The molecule has 84 valence electrons. The summed E-state index contributed by atoms with van der Waals surface area (Å²) < 4.78 is 35.1. The first-order valence-corrected chi connectivity index (χ1v) is 4.73. The van der Waals surface area contributed by atoms with Gasteiger partial charge in [0.1, 0.15) is 0 Å². The molecule has 1 saturated heterocycles.